The fraction of sp³-hybridized carbons (Fsp3) is 0.333. The number of carbonyl (C=O) groups excluding carboxylic acids is 1. The normalized spacial score (nSPS) is 33.1. The van der Waals surface area contributed by atoms with Gasteiger partial charge in [0, 0.05) is 9.26 Å². The lowest BCUT2D eigenvalue weighted by Crippen LogP contribution is -2.44. The molecule has 4 unspecified atom stereocenters. The summed E-state index contributed by atoms with van der Waals surface area (Å²) in [5, 5.41) is 12.2. The van der Waals surface area contributed by atoms with E-state index in [1.54, 1.807) is 25.1 Å². The van der Waals surface area contributed by atoms with Crippen LogP contribution in [0.15, 0.2) is 36.4 Å². The molecule has 2 aliphatic heterocycles. The number of hydrogen-bond donors (Lipinski definition) is 2. The van der Waals surface area contributed by atoms with Gasteiger partial charge in [0.2, 0.25) is 5.91 Å². The number of rotatable bonds is 3. The summed E-state index contributed by atoms with van der Waals surface area (Å²) in [6.45, 7) is 1.76. The van der Waals surface area contributed by atoms with Gasteiger partial charge in [-0.3, -0.25) is 9.59 Å². The molecular weight excluding hydrogens is 385 g/mol. The Morgan fingerprint density at radius 1 is 1.43 bits per heavy atom. The van der Waals surface area contributed by atoms with E-state index in [0.29, 0.717) is 5.69 Å². The van der Waals surface area contributed by atoms with Crippen molar-refractivity contribution in [2.24, 2.45) is 11.8 Å². The molecule has 0 radical (unpaired) electrons. The zero-order valence-electron chi connectivity index (χ0n) is 11.2. The Labute approximate surface area is 135 Å². The van der Waals surface area contributed by atoms with Gasteiger partial charge in [0.1, 0.15) is 5.92 Å². The zero-order chi connectivity index (χ0) is 15.2. The van der Waals surface area contributed by atoms with E-state index in [4.69, 9.17) is 4.74 Å². The molecule has 6 heteroatoms. The predicted molar refractivity (Wildman–Crippen MR) is 84.8 cm³/mol. The van der Waals surface area contributed by atoms with Gasteiger partial charge in [0.05, 0.1) is 17.6 Å². The third-order valence-corrected chi connectivity index (χ3v) is 4.67. The van der Waals surface area contributed by atoms with Crippen LogP contribution in [0, 0.1) is 15.4 Å². The maximum atomic E-state index is 12.5. The number of amides is 1. The van der Waals surface area contributed by atoms with Crippen molar-refractivity contribution < 1.29 is 19.4 Å². The van der Waals surface area contributed by atoms with E-state index in [1.807, 2.05) is 18.2 Å². The van der Waals surface area contributed by atoms with Crippen LogP contribution in [0.5, 0.6) is 0 Å². The van der Waals surface area contributed by atoms with Gasteiger partial charge in [-0.2, -0.15) is 0 Å². The number of carboxylic acids is 1. The molecule has 2 aliphatic rings. The van der Waals surface area contributed by atoms with Crippen LogP contribution >= 0.6 is 22.6 Å². The summed E-state index contributed by atoms with van der Waals surface area (Å²) in [6, 6.07) is 7.37. The van der Waals surface area contributed by atoms with Crippen LogP contribution in [-0.2, 0) is 14.3 Å². The molecule has 1 aromatic carbocycles. The molecule has 0 spiro atoms. The SMILES string of the molecule is CC12C=CC(O1)C(C(=O)O)C2C(=O)Nc1cccc(I)c1. The standard InChI is InChI=1S/C15H14INO4/c1-15-6-5-10(21-15)11(14(19)20)12(15)13(18)17-9-4-2-3-8(16)7-9/h2-7,10-12H,1H3,(H,17,18)(H,19,20). The fourth-order valence-electron chi connectivity index (χ4n) is 3.07. The molecule has 21 heavy (non-hydrogen) atoms. The lowest BCUT2D eigenvalue weighted by Gasteiger charge is -2.27. The first kappa shape index (κ1) is 14.5. The highest BCUT2D eigenvalue weighted by atomic mass is 127. The largest absolute Gasteiger partial charge is 0.481 e. The van der Waals surface area contributed by atoms with Crippen molar-refractivity contribution in [3.63, 3.8) is 0 Å². The molecule has 110 valence electrons. The molecule has 2 N–H and O–H groups in total. The highest BCUT2D eigenvalue weighted by Gasteiger charge is 2.59. The summed E-state index contributed by atoms with van der Waals surface area (Å²) in [5.74, 6) is -2.90. The number of fused-ring (bicyclic) bond motifs is 2. The van der Waals surface area contributed by atoms with Crippen molar-refractivity contribution in [3.8, 4) is 0 Å². The summed E-state index contributed by atoms with van der Waals surface area (Å²) >= 11 is 2.16. The molecule has 2 heterocycles. The van der Waals surface area contributed by atoms with Crippen LogP contribution in [0.25, 0.3) is 0 Å². The maximum absolute atomic E-state index is 12.5. The number of nitrogens with one attached hydrogen (secondary N) is 1. The van der Waals surface area contributed by atoms with Crippen molar-refractivity contribution in [1.82, 2.24) is 0 Å². The number of ether oxygens (including phenoxy) is 1. The molecule has 5 nitrogen and oxygen atoms in total. The van der Waals surface area contributed by atoms with Gasteiger partial charge in [0.15, 0.2) is 0 Å². The molecular formula is C15H14INO4. The van der Waals surface area contributed by atoms with Crippen LogP contribution in [0.3, 0.4) is 0 Å². The van der Waals surface area contributed by atoms with Crippen molar-refractivity contribution in [2.75, 3.05) is 5.32 Å². The van der Waals surface area contributed by atoms with Crippen LogP contribution in [0.1, 0.15) is 6.92 Å². The van der Waals surface area contributed by atoms with E-state index < -0.39 is 29.5 Å². The molecule has 1 fully saturated rings. The minimum absolute atomic E-state index is 0.321. The van der Waals surface area contributed by atoms with Gasteiger partial charge in [0.25, 0.3) is 0 Å². The third kappa shape index (κ3) is 2.46. The number of carbonyl (C=O) groups is 2. The van der Waals surface area contributed by atoms with Gasteiger partial charge >= 0.3 is 5.97 Å². The van der Waals surface area contributed by atoms with E-state index in [9.17, 15) is 14.7 Å². The number of anilines is 1. The average Bonchev–Trinajstić information content (AvgIpc) is 2.91. The molecule has 1 saturated heterocycles. The molecule has 0 aromatic heterocycles. The second-order valence-corrected chi connectivity index (χ2v) is 6.71. The first-order valence-corrected chi connectivity index (χ1v) is 7.65. The highest BCUT2D eigenvalue weighted by molar-refractivity contribution is 14.1. The van der Waals surface area contributed by atoms with Crippen molar-refractivity contribution in [1.29, 1.82) is 0 Å². The first-order chi connectivity index (χ1) is 9.90. The Bertz CT molecular complexity index is 644. The quantitative estimate of drug-likeness (QED) is 0.604. The number of aliphatic carboxylic acids is 1. The minimum atomic E-state index is -1.00. The summed E-state index contributed by atoms with van der Waals surface area (Å²) in [7, 11) is 0. The lowest BCUT2D eigenvalue weighted by molar-refractivity contribution is -0.146. The second kappa shape index (κ2) is 5.10. The Kier molecular flexibility index (Phi) is 3.53. The second-order valence-electron chi connectivity index (χ2n) is 5.47. The Balaban J connectivity index is 1.86. The number of carboxylic acid groups (broad SMARTS) is 1. The highest BCUT2D eigenvalue weighted by Crippen LogP contribution is 2.47. The van der Waals surface area contributed by atoms with E-state index in [2.05, 4.69) is 27.9 Å². The topological polar surface area (TPSA) is 75.6 Å². The predicted octanol–water partition coefficient (Wildman–Crippen LogP) is 2.27. The molecule has 0 aliphatic carbocycles. The van der Waals surface area contributed by atoms with Crippen LogP contribution in [-0.4, -0.2) is 28.7 Å². The molecule has 2 bridgehead atoms. The molecule has 1 amide bonds. The Hall–Kier alpha value is -1.41. The fourth-order valence-corrected chi connectivity index (χ4v) is 3.61. The van der Waals surface area contributed by atoms with E-state index in [1.165, 1.54) is 0 Å². The molecule has 1 aromatic rings. The smallest absolute Gasteiger partial charge is 0.310 e. The minimum Gasteiger partial charge on any atom is -0.481 e. The number of hydrogen-bond acceptors (Lipinski definition) is 3. The van der Waals surface area contributed by atoms with Crippen LogP contribution < -0.4 is 5.32 Å². The monoisotopic (exact) mass is 399 g/mol. The molecule has 0 saturated carbocycles. The van der Waals surface area contributed by atoms with Gasteiger partial charge in [-0.25, -0.2) is 0 Å². The van der Waals surface area contributed by atoms with Crippen LogP contribution in [0.2, 0.25) is 0 Å². The average molecular weight is 399 g/mol. The van der Waals surface area contributed by atoms with E-state index >= 15 is 0 Å². The van der Waals surface area contributed by atoms with E-state index in [-0.39, 0.29) is 5.91 Å². The summed E-state index contributed by atoms with van der Waals surface area (Å²) in [4.78, 5) is 24.0. The number of halogens is 1. The zero-order valence-corrected chi connectivity index (χ0v) is 13.4. The first-order valence-electron chi connectivity index (χ1n) is 6.57. The van der Waals surface area contributed by atoms with Crippen molar-refractivity contribution in [2.45, 2.75) is 18.6 Å². The maximum Gasteiger partial charge on any atom is 0.310 e. The lowest BCUT2D eigenvalue weighted by atomic mass is 9.75. The van der Waals surface area contributed by atoms with Crippen molar-refractivity contribution in [3.05, 3.63) is 40.0 Å². The van der Waals surface area contributed by atoms with Gasteiger partial charge < -0.3 is 15.2 Å². The van der Waals surface area contributed by atoms with Crippen LogP contribution in [0.4, 0.5) is 5.69 Å². The molecule has 4 atom stereocenters. The van der Waals surface area contributed by atoms with E-state index in [0.717, 1.165) is 3.57 Å². The number of benzene rings is 1. The van der Waals surface area contributed by atoms with Crippen molar-refractivity contribution >= 4 is 40.2 Å². The summed E-state index contributed by atoms with van der Waals surface area (Å²) in [5.41, 5.74) is -0.189. The Morgan fingerprint density at radius 3 is 2.86 bits per heavy atom. The Morgan fingerprint density at radius 2 is 2.19 bits per heavy atom. The third-order valence-electron chi connectivity index (χ3n) is 4.00. The van der Waals surface area contributed by atoms with Gasteiger partial charge in [-0.1, -0.05) is 18.2 Å². The van der Waals surface area contributed by atoms with Gasteiger partial charge in [-0.15, -0.1) is 0 Å². The van der Waals surface area contributed by atoms with Gasteiger partial charge in [-0.05, 0) is 47.7 Å². The summed E-state index contributed by atoms with van der Waals surface area (Å²) in [6.07, 6.45) is 2.99. The summed E-state index contributed by atoms with van der Waals surface area (Å²) < 4.78 is 6.67. The molecule has 3 rings (SSSR count).